The molecular formula is C14H11BrFN3O2. The lowest BCUT2D eigenvalue weighted by molar-refractivity contribution is -0.114. The van der Waals surface area contributed by atoms with E-state index in [-0.39, 0.29) is 5.56 Å². The van der Waals surface area contributed by atoms with Gasteiger partial charge in [-0.2, -0.15) is 5.10 Å². The monoisotopic (exact) mass is 351 g/mol. The molecule has 21 heavy (non-hydrogen) atoms. The van der Waals surface area contributed by atoms with Crippen molar-refractivity contribution in [2.45, 2.75) is 6.42 Å². The topological polar surface area (TPSA) is 55.2 Å². The number of Topliss-reactive ketones (excluding diaryl/α,β-unsaturated/α-hetero) is 1. The van der Waals surface area contributed by atoms with Gasteiger partial charge in [0.1, 0.15) is 5.82 Å². The van der Waals surface area contributed by atoms with Crippen LogP contribution < -0.4 is 4.90 Å². The highest BCUT2D eigenvalue weighted by Crippen LogP contribution is 2.36. The molecule has 2 heterocycles. The zero-order valence-electron chi connectivity index (χ0n) is 11.1. The van der Waals surface area contributed by atoms with Crippen LogP contribution in [0.15, 0.2) is 28.9 Å². The molecule has 5 nitrogen and oxygen atoms in total. The fraction of sp³-hybridized carbons (Fsp3) is 0.214. The number of amides is 1. The van der Waals surface area contributed by atoms with E-state index >= 15 is 0 Å². The number of nitrogens with zero attached hydrogens (tertiary/aromatic N) is 3. The molecular weight excluding hydrogens is 341 g/mol. The molecule has 0 saturated heterocycles. The first-order chi connectivity index (χ1) is 9.99. The molecule has 1 aliphatic rings. The van der Waals surface area contributed by atoms with Crippen molar-refractivity contribution < 1.29 is 14.0 Å². The first kappa shape index (κ1) is 13.9. The molecule has 0 radical (unpaired) electrons. The Morgan fingerprint density at radius 3 is 2.76 bits per heavy atom. The van der Waals surface area contributed by atoms with Crippen molar-refractivity contribution in [3.63, 3.8) is 0 Å². The second-order valence-corrected chi connectivity index (χ2v) is 5.62. The summed E-state index contributed by atoms with van der Waals surface area (Å²) in [5.74, 6) is -1.84. The maximum atomic E-state index is 13.4. The second kappa shape index (κ2) is 5.07. The molecule has 0 unspecified atom stereocenters. The quantitative estimate of drug-likeness (QED) is 0.795. The van der Waals surface area contributed by atoms with Gasteiger partial charge < -0.3 is 4.90 Å². The molecule has 3 rings (SSSR count). The Labute approximate surface area is 128 Å². The molecule has 0 fully saturated rings. The van der Waals surface area contributed by atoms with E-state index in [2.05, 4.69) is 21.0 Å². The standard InChI is InChI=1S/C14H11BrFN3O2/c1-18-9(2-4-17-18)3-5-19-12-10(13(20)14(19)21)6-8(16)7-11(12)15/h2,4,6-7H,3,5H2,1H3. The zero-order chi connectivity index (χ0) is 15.1. The van der Waals surface area contributed by atoms with Crippen LogP contribution in [-0.2, 0) is 18.3 Å². The van der Waals surface area contributed by atoms with Crippen molar-refractivity contribution in [1.82, 2.24) is 9.78 Å². The summed E-state index contributed by atoms with van der Waals surface area (Å²) in [6.07, 6.45) is 2.23. The number of hydrogen-bond donors (Lipinski definition) is 0. The third-order valence-electron chi connectivity index (χ3n) is 3.50. The number of hydrogen-bond acceptors (Lipinski definition) is 3. The van der Waals surface area contributed by atoms with E-state index in [4.69, 9.17) is 0 Å². The van der Waals surface area contributed by atoms with Crippen molar-refractivity contribution in [2.75, 3.05) is 11.4 Å². The highest BCUT2D eigenvalue weighted by Gasteiger charge is 2.37. The summed E-state index contributed by atoms with van der Waals surface area (Å²) < 4.78 is 15.5. The SMILES string of the molecule is Cn1nccc1CCN1C(=O)C(=O)c2cc(F)cc(Br)c21. The van der Waals surface area contributed by atoms with Crippen LogP contribution in [-0.4, -0.2) is 28.0 Å². The molecule has 0 aliphatic carbocycles. The Bertz CT molecular complexity index is 757. The van der Waals surface area contributed by atoms with E-state index in [1.54, 1.807) is 10.9 Å². The van der Waals surface area contributed by atoms with Crippen molar-refractivity contribution in [1.29, 1.82) is 0 Å². The summed E-state index contributed by atoms with van der Waals surface area (Å²) in [7, 11) is 1.81. The van der Waals surface area contributed by atoms with Crippen LogP contribution in [0.4, 0.5) is 10.1 Å². The molecule has 2 aromatic rings. The summed E-state index contributed by atoms with van der Waals surface area (Å²) in [4.78, 5) is 25.4. The lowest BCUT2D eigenvalue weighted by Gasteiger charge is -2.17. The molecule has 0 saturated carbocycles. The van der Waals surface area contributed by atoms with Gasteiger partial charge in [-0.3, -0.25) is 14.3 Å². The minimum Gasteiger partial charge on any atom is -0.303 e. The number of ketones is 1. The third kappa shape index (κ3) is 2.27. The Morgan fingerprint density at radius 1 is 1.33 bits per heavy atom. The number of aromatic nitrogens is 2. The molecule has 1 amide bonds. The molecule has 0 bridgehead atoms. The molecule has 1 aromatic carbocycles. The number of carbonyl (C=O) groups excluding carboxylic acids is 2. The van der Waals surface area contributed by atoms with Gasteiger partial charge in [-0.1, -0.05) is 0 Å². The molecule has 0 spiro atoms. The van der Waals surface area contributed by atoms with E-state index < -0.39 is 17.5 Å². The normalized spacial score (nSPS) is 14.0. The number of benzene rings is 1. The van der Waals surface area contributed by atoms with Crippen LogP contribution in [0.1, 0.15) is 16.1 Å². The first-order valence-corrected chi connectivity index (χ1v) is 7.10. The lowest BCUT2D eigenvalue weighted by Crippen LogP contribution is -2.32. The fourth-order valence-electron chi connectivity index (χ4n) is 2.44. The second-order valence-electron chi connectivity index (χ2n) is 4.77. The first-order valence-electron chi connectivity index (χ1n) is 6.31. The van der Waals surface area contributed by atoms with Crippen LogP contribution in [0.2, 0.25) is 0 Å². The van der Waals surface area contributed by atoms with Crippen molar-refractivity contribution in [3.05, 3.63) is 45.9 Å². The zero-order valence-corrected chi connectivity index (χ0v) is 12.7. The summed E-state index contributed by atoms with van der Waals surface area (Å²) in [5, 5.41) is 4.06. The minimum atomic E-state index is -0.671. The maximum Gasteiger partial charge on any atom is 0.299 e. The fourth-order valence-corrected chi connectivity index (χ4v) is 3.09. The van der Waals surface area contributed by atoms with E-state index in [1.165, 1.54) is 11.0 Å². The summed E-state index contributed by atoms with van der Waals surface area (Å²) in [5.41, 5.74) is 1.49. The molecule has 108 valence electrons. The number of rotatable bonds is 3. The highest BCUT2D eigenvalue weighted by molar-refractivity contribution is 9.10. The summed E-state index contributed by atoms with van der Waals surface area (Å²) in [6, 6.07) is 4.20. The predicted molar refractivity (Wildman–Crippen MR) is 77.7 cm³/mol. The van der Waals surface area contributed by atoms with Gasteiger partial charge in [0.25, 0.3) is 11.7 Å². The van der Waals surface area contributed by atoms with Crippen LogP contribution in [0.5, 0.6) is 0 Å². The van der Waals surface area contributed by atoms with Crippen molar-refractivity contribution >= 4 is 33.3 Å². The Morgan fingerprint density at radius 2 is 2.10 bits per heavy atom. The third-order valence-corrected chi connectivity index (χ3v) is 4.10. The molecule has 7 heteroatoms. The minimum absolute atomic E-state index is 0.108. The predicted octanol–water partition coefficient (Wildman–Crippen LogP) is 2.09. The van der Waals surface area contributed by atoms with E-state index in [9.17, 15) is 14.0 Å². The molecule has 0 N–H and O–H groups in total. The average molecular weight is 352 g/mol. The van der Waals surface area contributed by atoms with Gasteiger partial charge in [0.2, 0.25) is 0 Å². The number of halogens is 2. The summed E-state index contributed by atoms with van der Waals surface area (Å²) >= 11 is 3.22. The van der Waals surface area contributed by atoms with E-state index in [0.29, 0.717) is 23.1 Å². The van der Waals surface area contributed by atoms with Gasteiger partial charge in [0.05, 0.1) is 11.3 Å². The number of carbonyl (C=O) groups is 2. The van der Waals surface area contributed by atoms with Crippen molar-refractivity contribution in [2.24, 2.45) is 7.05 Å². The van der Waals surface area contributed by atoms with E-state index in [1.807, 2.05) is 13.1 Å². The van der Waals surface area contributed by atoms with Gasteiger partial charge >= 0.3 is 0 Å². The van der Waals surface area contributed by atoms with Crippen LogP contribution >= 0.6 is 15.9 Å². The molecule has 0 atom stereocenters. The lowest BCUT2D eigenvalue weighted by atomic mass is 10.1. The number of anilines is 1. The number of fused-ring (bicyclic) bond motifs is 1. The van der Waals surface area contributed by atoms with Gasteiger partial charge in [-0.25, -0.2) is 4.39 Å². The smallest absolute Gasteiger partial charge is 0.299 e. The van der Waals surface area contributed by atoms with Gasteiger partial charge in [-0.05, 0) is 34.1 Å². The molecule has 1 aliphatic heterocycles. The number of aryl methyl sites for hydroxylation is 1. The largest absolute Gasteiger partial charge is 0.303 e. The molecule has 1 aromatic heterocycles. The van der Waals surface area contributed by atoms with Gasteiger partial charge in [0.15, 0.2) is 0 Å². The Hall–Kier alpha value is -2.02. The van der Waals surface area contributed by atoms with Gasteiger partial charge in [-0.15, -0.1) is 0 Å². The Balaban J connectivity index is 1.93. The van der Waals surface area contributed by atoms with Crippen LogP contribution in [0.25, 0.3) is 0 Å². The summed E-state index contributed by atoms with van der Waals surface area (Å²) in [6.45, 7) is 0.335. The van der Waals surface area contributed by atoms with Gasteiger partial charge in [0, 0.05) is 36.4 Å². The van der Waals surface area contributed by atoms with Crippen LogP contribution in [0, 0.1) is 5.82 Å². The van der Waals surface area contributed by atoms with E-state index in [0.717, 1.165) is 11.8 Å². The van der Waals surface area contributed by atoms with Crippen LogP contribution in [0.3, 0.4) is 0 Å². The average Bonchev–Trinajstić information content (AvgIpc) is 2.93. The Kier molecular flexibility index (Phi) is 3.36. The maximum absolute atomic E-state index is 13.4. The highest BCUT2D eigenvalue weighted by atomic mass is 79.9. The van der Waals surface area contributed by atoms with Crippen molar-refractivity contribution in [3.8, 4) is 0 Å².